The van der Waals surface area contributed by atoms with Gasteiger partial charge >= 0.3 is 0 Å². The Morgan fingerprint density at radius 3 is 2.50 bits per heavy atom. The summed E-state index contributed by atoms with van der Waals surface area (Å²) in [5.74, 6) is -0.529. The Morgan fingerprint density at radius 1 is 1.33 bits per heavy atom. The molecule has 5 heteroatoms. The summed E-state index contributed by atoms with van der Waals surface area (Å²) in [6.45, 7) is 2.05. The minimum atomic E-state index is -0.529. The van der Waals surface area contributed by atoms with Gasteiger partial charge in [0.2, 0.25) is 0 Å². The highest BCUT2D eigenvalue weighted by atomic mass is 16.1. The first-order valence-electron chi connectivity index (χ1n) is 5.83. The van der Waals surface area contributed by atoms with Crippen molar-refractivity contribution in [3.8, 4) is 5.69 Å². The number of carbonyl (C=O) groups is 1. The van der Waals surface area contributed by atoms with Crippen molar-refractivity contribution in [2.24, 2.45) is 11.5 Å². The summed E-state index contributed by atoms with van der Waals surface area (Å²) < 4.78 is 1.61. The summed E-state index contributed by atoms with van der Waals surface area (Å²) in [6, 6.07) is 9.42. The largest absolute Gasteiger partial charge is 0.364 e. The summed E-state index contributed by atoms with van der Waals surface area (Å²) in [4.78, 5) is 11.0. The third kappa shape index (κ3) is 2.41. The number of primary amides is 1. The fraction of sp³-hybridized carbons (Fsp3) is 0.231. The summed E-state index contributed by atoms with van der Waals surface area (Å²) in [7, 11) is 0. The van der Waals surface area contributed by atoms with Crippen molar-refractivity contribution in [3.05, 3.63) is 47.8 Å². The first-order valence-corrected chi connectivity index (χ1v) is 5.83. The lowest BCUT2D eigenvalue weighted by Crippen LogP contribution is -2.12. The zero-order valence-electron chi connectivity index (χ0n) is 10.2. The van der Waals surface area contributed by atoms with E-state index in [4.69, 9.17) is 11.5 Å². The summed E-state index contributed by atoms with van der Waals surface area (Å²) >= 11 is 0. The first-order chi connectivity index (χ1) is 8.61. The van der Waals surface area contributed by atoms with E-state index in [-0.39, 0.29) is 11.7 Å². The molecule has 2 rings (SSSR count). The monoisotopic (exact) mass is 244 g/mol. The highest BCUT2D eigenvalue weighted by Crippen LogP contribution is 2.16. The molecule has 0 bridgehead atoms. The number of aromatic nitrogens is 2. The lowest BCUT2D eigenvalue weighted by atomic mass is 10.1. The lowest BCUT2D eigenvalue weighted by molar-refractivity contribution is 0.0995. The second-order valence-electron chi connectivity index (χ2n) is 4.12. The fourth-order valence-corrected chi connectivity index (χ4v) is 1.71. The van der Waals surface area contributed by atoms with Crippen LogP contribution < -0.4 is 11.5 Å². The van der Waals surface area contributed by atoms with Crippen LogP contribution in [0.25, 0.3) is 5.69 Å². The van der Waals surface area contributed by atoms with Crippen molar-refractivity contribution < 1.29 is 4.79 Å². The van der Waals surface area contributed by atoms with Crippen LogP contribution >= 0.6 is 0 Å². The van der Waals surface area contributed by atoms with Crippen LogP contribution in [0.15, 0.2) is 36.5 Å². The Kier molecular flexibility index (Phi) is 3.43. The van der Waals surface area contributed by atoms with Crippen molar-refractivity contribution >= 4 is 5.91 Å². The number of nitrogens with zero attached hydrogens (tertiary/aromatic N) is 2. The summed E-state index contributed by atoms with van der Waals surface area (Å²) in [5.41, 5.74) is 13.3. The van der Waals surface area contributed by atoms with Gasteiger partial charge in [0, 0.05) is 12.2 Å². The average Bonchev–Trinajstić information content (AvgIpc) is 2.88. The number of benzene rings is 1. The van der Waals surface area contributed by atoms with Crippen LogP contribution in [-0.2, 0) is 0 Å². The van der Waals surface area contributed by atoms with Gasteiger partial charge in [-0.3, -0.25) is 4.79 Å². The molecule has 1 heterocycles. The average molecular weight is 244 g/mol. The molecule has 94 valence electrons. The van der Waals surface area contributed by atoms with Crippen molar-refractivity contribution in [2.45, 2.75) is 19.4 Å². The zero-order valence-corrected chi connectivity index (χ0v) is 10.2. The van der Waals surface area contributed by atoms with E-state index in [2.05, 4.69) is 5.10 Å². The molecule has 1 aromatic heterocycles. The van der Waals surface area contributed by atoms with E-state index in [1.165, 1.54) is 0 Å². The number of hydrogen-bond donors (Lipinski definition) is 2. The Labute approximate surface area is 105 Å². The zero-order chi connectivity index (χ0) is 13.1. The molecule has 5 nitrogen and oxygen atoms in total. The molecule has 4 N–H and O–H groups in total. The molecule has 0 aliphatic carbocycles. The molecule has 1 amide bonds. The quantitative estimate of drug-likeness (QED) is 0.851. The maximum Gasteiger partial charge on any atom is 0.269 e. The van der Waals surface area contributed by atoms with Crippen molar-refractivity contribution in [1.29, 1.82) is 0 Å². The van der Waals surface area contributed by atoms with Crippen LogP contribution in [0.3, 0.4) is 0 Å². The van der Waals surface area contributed by atoms with Gasteiger partial charge in [-0.2, -0.15) is 5.10 Å². The topological polar surface area (TPSA) is 86.9 Å². The van der Waals surface area contributed by atoms with E-state index in [0.717, 1.165) is 17.7 Å². The molecule has 0 saturated carbocycles. The molecule has 0 aliphatic rings. The van der Waals surface area contributed by atoms with Crippen LogP contribution in [-0.4, -0.2) is 15.7 Å². The van der Waals surface area contributed by atoms with Gasteiger partial charge in [0.1, 0.15) is 5.69 Å². The van der Waals surface area contributed by atoms with E-state index in [0.29, 0.717) is 0 Å². The van der Waals surface area contributed by atoms with Gasteiger partial charge in [0.15, 0.2) is 0 Å². The molecule has 0 saturated heterocycles. The Bertz CT molecular complexity index is 544. The molecule has 1 atom stereocenters. The van der Waals surface area contributed by atoms with E-state index in [1.807, 2.05) is 31.2 Å². The second-order valence-corrected chi connectivity index (χ2v) is 4.12. The molecule has 0 aliphatic heterocycles. The molecule has 0 spiro atoms. The van der Waals surface area contributed by atoms with E-state index >= 15 is 0 Å². The Balaban J connectivity index is 2.25. The van der Waals surface area contributed by atoms with Crippen LogP contribution in [0.5, 0.6) is 0 Å². The number of amides is 1. The molecule has 1 aromatic carbocycles. The number of carbonyl (C=O) groups excluding carboxylic acids is 1. The van der Waals surface area contributed by atoms with Crippen LogP contribution in [0, 0.1) is 0 Å². The Morgan fingerprint density at radius 2 is 2.00 bits per heavy atom. The van der Waals surface area contributed by atoms with Crippen LogP contribution in [0.4, 0.5) is 0 Å². The van der Waals surface area contributed by atoms with Crippen molar-refractivity contribution in [2.75, 3.05) is 0 Å². The third-order valence-corrected chi connectivity index (χ3v) is 2.87. The number of nitrogens with two attached hydrogens (primary N) is 2. The predicted octanol–water partition coefficient (Wildman–Crippen LogP) is 1.38. The molecule has 0 radical (unpaired) electrons. The van der Waals surface area contributed by atoms with Gasteiger partial charge in [0.25, 0.3) is 5.91 Å². The van der Waals surface area contributed by atoms with E-state index in [1.54, 1.807) is 16.9 Å². The second kappa shape index (κ2) is 5.01. The number of hydrogen-bond acceptors (Lipinski definition) is 3. The number of rotatable bonds is 4. The van der Waals surface area contributed by atoms with Crippen molar-refractivity contribution in [3.63, 3.8) is 0 Å². The molecule has 0 unspecified atom stereocenters. The van der Waals surface area contributed by atoms with Gasteiger partial charge in [-0.15, -0.1) is 0 Å². The van der Waals surface area contributed by atoms with Gasteiger partial charge in [-0.1, -0.05) is 19.1 Å². The lowest BCUT2D eigenvalue weighted by Gasteiger charge is -2.09. The van der Waals surface area contributed by atoms with E-state index in [9.17, 15) is 4.79 Å². The minimum Gasteiger partial charge on any atom is -0.364 e. The normalized spacial score (nSPS) is 12.3. The third-order valence-electron chi connectivity index (χ3n) is 2.87. The molecular weight excluding hydrogens is 228 g/mol. The maximum absolute atomic E-state index is 11.0. The van der Waals surface area contributed by atoms with Gasteiger partial charge in [-0.25, -0.2) is 4.68 Å². The highest BCUT2D eigenvalue weighted by Gasteiger charge is 2.07. The van der Waals surface area contributed by atoms with Crippen LogP contribution in [0.1, 0.15) is 35.4 Å². The smallest absolute Gasteiger partial charge is 0.269 e. The summed E-state index contributed by atoms with van der Waals surface area (Å²) in [6.07, 6.45) is 2.60. The molecule has 2 aromatic rings. The minimum absolute atomic E-state index is 0.0536. The Hall–Kier alpha value is -2.14. The first kappa shape index (κ1) is 12.3. The fourth-order valence-electron chi connectivity index (χ4n) is 1.71. The maximum atomic E-state index is 11.0. The summed E-state index contributed by atoms with van der Waals surface area (Å²) in [5, 5.41) is 4.09. The van der Waals surface area contributed by atoms with Gasteiger partial charge in [-0.05, 0) is 30.2 Å². The van der Waals surface area contributed by atoms with E-state index < -0.39 is 5.91 Å². The van der Waals surface area contributed by atoms with Crippen molar-refractivity contribution in [1.82, 2.24) is 9.78 Å². The standard InChI is InChI=1S/C13H16N4O/c1-2-11(14)9-3-5-10(6-4-9)17-8-7-12(16-17)13(15)18/h3-8,11H,2,14H2,1H3,(H2,15,18)/t11-/m1/s1. The van der Waals surface area contributed by atoms with Crippen LogP contribution in [0.2, 0.25) is 0 Å². The van der Waals surface area contributed by atoms with Gasteiger partial charge < -0.3 is 11.5 Å². The highest BCUT2D eigenvalue weighted by molar-refractivity contribution is 5.90. The molecule has 0 fully saturated rings. The predicted molar refractivity (Wildman–Crippen MR) is 69.3 cm³/mol. The molecular formula is C13H16N4O. The molecule has 18 heavy (non-hydrogen) atoms. The van der Waals surface area contributed by atoms with Gasteiger partial charge in [0.05, 0.1) is 5.69 Å². The SMILES string of the molecule is CC[C@@H](N)c1ccc(-n2ccc(C(N)=O)n2)cc1.